The zero-order valence-corrected chi connectivity index (χ0v) is 22.2. The van der Waals surface area contributed by atoms with Gasteiger partial charge >= 0.3 is 0 Å². The maximum Gasteiger partial charge on any atom is 0.244 e. The molecule has 2 aromatic carbocycles. The van der Waals surface area contributed by atoms with Crippen LogP contribution in [0.4, 0.5) is 0 Å². The zero-order chi connectivity index (χ0) is 25.1. The second-order valence-electron chi connectivity index (χ2n) is 9.42. The van der Waals surface area contributed by atoms with Crippen LogP contribution in [0, 0.1) is 5.41 Å². The van der Waals surface area contributed by atoms with Crippen LogP contribution in [0.15, 0.2) is 53.4 Å². The van der Waals surface area contributed by atoms with Crippen LogP contribution in [-0.2, 0) is 14.8 Å². The molecule has 2 saturated heterocycles. The zero-order valence-electron chi connectivity index (χ0n) is 19.8. The SMILES string of the molecule is CN1CCN(C(=O)CC2(COc3ccccc3)CCN(S(=O)(=O)c3cccc(Cl)c3Cl)CC2)CC1. The second kappa shape index (κ2) is 11.0. The molecule has 0 N–H and O–H groups in total. The topological polar surface area (TPSA) is 70.2 Å². The molecule has 4 rings (SSSR count). The lowest BCUT2D eigenvalue weighted by Gasteiger charge is -2.42. The fourth-order valence-corrected chi connectivity index (χ4v) is 6.81. The van der Waals surface area contributed by atoms with Crippen molar-refractivity contribution in [3.05, 3.63) is 58.6 Å². The van der Waals surface area contributed by atoms with E-state index in [1.54, 1.807) is 12.1 Å². The lowest BCUT2D eigenvalue weighted by atomic mass is 9.76. The van der Waals surface area contributed by atoms with Gasteiger partial charge in [-0.25, -0.2) is 8.42 Å². The third-order valence-corrected chi connectivity index (χ3v) is 9.86. The van der Waals surface area contributed by atoms with Gasteiger partial charge in [-0.3, -0.25) is 4.79 Å². The van der Waals surface area contributed by atoms with Crippen molar-refractivity contribution >= 4 is 39.1 Å². The molecule has 190 valence electrons. The van der Waals surface area contributed by atoms with Gasteiger partial charge in [0.05, 0.1) is 16.7 Å². The minimum atomic E-state index is -3.81. The Morgan fingerprint density at radius 3 is 2.26 bits per heavy atom. The van der Waals surface area contributed by atoms with Crippen molar-refractivity contribution < 1.29 is 17.9 Å². The van der Waals surface area contributed by atoms with E-state index in [4.69, 9.17) is 27.9 Å². The smallest absolute Gasteiger partial charge is 0.244 e. The monoisotopic (exact) mass is 539 g/mol. The minimum absolute atomic E-state index is 0.00761. The highest BCUT2D eigenvalue weighted by Gasteiger charge is 2.42. The van der Waals surface area contributed by atoms with E-state index in [0.29, 0.717) is 39.0 Å². The van der Waals surface area contributed by atoms with Crippen molar-refractivity contribution in [2.24, 2.45) is 5.41 Å². The standard InChI is InChI=1S/C25H31Cl2N3O4S/c1-28-14-16-29(17-15-28)23(31)18-25(19-34-20-6-3-2-4-7-20)10-12-30(13-11-25)35(32,33)22-9-5-8-21(26)24(22)27/h2-9H,10-19H2,1H3. The van der Waals surface area contributed by atoms with E-state index in [0.717, 1.165) is 18.8 Å². The molecule has 2 aliphatic rings. The van der Waals surface area contributed by atoms with Crippen LogP contribution in [0.5, 0.6) is 5.75 Å². The number of hydrogen-bond donors (Lipinski definition) is 0. The number of nitrogens with zero attached hydrogens (tertiary/aromatic N) is 3. The molecule has 0 aliphatic carbocycles. The number of ether oxygens (including phenoxy) is 1. The number of likely N-dealkylation sites (N-methyl/N-ethyl adjacent to an activating group) is 1. The van der Waals surface area contributed by atoms with Gasteiger partial charge in [-0.2, -0.15) is 4.31 Å². The molecule has 1 amide bonds. The van der Waals surface area contributed by atoms with Gasteiger partial charge in [0.15, 0.2) is 0 Å². The van der Waals surface area contributed by atoms with Crippen LogP contribution in [0.1, 0.15) is 19.3 Å². The fraction of sp³-hybridized carbons (Fsp3) is 0.480. The Morgan fingerprint density at radius 2 is 1.60 bits per heavy atom. The molecule has 0 unspecified atom stereocenters. The van der Waals surface area contributed by atoms with Crippen molar-refractivity contribution in [1.82, 2.24) is 14.1 Å². The van der Waals surface area contributed by atoms with Gasteiger partial charge in [-0.15, -0.1) is 0 Å². The summed E-state index contributed by atoms with van der Waals surface area (Å²) in [6, 6.07) is 14.1. The Hall–Kier alpha value is -1.84. The van der Waals surface area contributed by atoms with E-state index in [2.05, 4.69) is 11.9 Å². The third-order valence-electron chi connectivity index (χ3n) is 6.99. The minimum Gasteiger partial charge on any atom is -0.493 e. The molecule has 35 heavy (non-hydrogen) atoms. The summed E-state index contributed by atoms with van der Waals surface area (Å²) in [6.45, 7) is 4.02. The van der Waals surface area contributed by atoms with Crippen molar-refractivity contribution in [3.63, 3.8) is 0 Å². The van der Waals surface area contributed by atoms with E-state index >= 15 is 0 Å². The van der Waals surface area contributed by atoms with E-state index in [1.165, 1.54) is 10.4 Å². The highest BCUT2D eigenvalue weighted by molar-refractivity contribution is 7.89. The Bertz CT molecular complexity index is 1130. The first-order valence-electron chi connectivity index (χ1n) is 11.8. The van der Waals surface area contributed by atoms with E-state index in [1.807, 2.05) is 35.2 Å². The maximum atomic E-state index is 13.3. The molecule has 2 heterocycles. The van der Waals surface area contributed by atoms with Crippen LogP contribution in [0.2, 0.25) is 10.0 Å². The number of piperidine rings is 1. The number of benzene rings is 2. The number of para-hydroxylation sites is 1. The number of carbonyl (C=O) groups excluding carboxylic acids is 1. The molecule has 0 spiro atoms. The van der Waals surface area contributed by atoms with Crippen molar-refractivity contribution in [2.45, 2.75) is 24.2 Å². The number of halogens is 2. The van der Waals surface area contributed by atoms with Gasteiger partial charge in [0.2, 0.25) is 15.9 Å². The summed E-state index contributed by atoms with van der Waals surface area (Å²) in [6.07, 6.45) is 1.35. The van der Waals surface area contributed by atoms with Crippen LogP contribution < -0.4 is 4.74 Å². The molecular formula is C25H31Cl2N3O4S. The van der Waals surface area contributed by atoms with Crippen LogP contribution in [-0.4, -0.2) is 81.4 Å². The van der Waals surface area contributed by atoms with Gasteiger partial charge in [0.1, 0.15) is 10.6 Å². The molecule has 2 aromatic rings. The quantitative estimate of drug-likeness (QED) is 0.531. The lowest BCUT2D eigenvalue weighted by Crippen LogP contribution is -2.51. The van der Waals surface area contributed by atoms with E-state index < -0.39 is 15.4 Å². The number of sulfonamides is 1. The maximum absolute atomic E-state index is 13.3. The van der Waals surface area contributed by atoms with Crippen LogP contribution in [0.3, 0.4) is 0 Å². The summed E-state index contributed by atoms with van der Waals surface area (Å²) in [5, 5.41) is 0.233. The molecule has 10 heteroatoms. The predicted molar refractivity (Wildman–Crippen MR) is 138 cm³/mol. The Balaban J connectivity index is 1.50. The Kier molecular flexibility index (Phi) is 8.28. The first-order valence-corrected chi connectivity index (χ1v) is 14.0. The highest BCUT2D eigenvalue weighted by Crippen LogP contribution is 2.39. The van der Waals surface area contributed by atoms with Gasteiger partial charge in [-0.1, -0.05) is 47.5 Å². The number of rotatable bonds is 7. The summed E-state index contributed by atoms with van der Waals surface area (Å²) in [5.74, 6) is 0.837. The molecule has 7 nitrogen and oxygen atoms in total. The number of amides is 1. The summed E-state index contributed by atoms with van der Waals surface area (Å²) >= 11 is 12.3. The summed E-state index contributed by atoms with van der Waals surface area (Å²) in [5.41, 5.74) is -0.458. The molecule has 0 atom stereocenters. The third kappa shape index (κ3) is 6.12. The van der Waals surface area contributed by atoms with Gasteiger partial charge in [-0.05, 0) is 44.2 Å². The molecule has 0 saturated carbocycles. The summed E-state index contributed by atoms with van der Waals surface area (Å²) in [4.78, 5) is 17.4. The molecule has 0 bridgehead atoms. The molecule has 2 fully saturated rings. The number of hydrogen-bond acceptors (Lipinski definition) is 5. The lowest BCUT2D eigenvalue weighted by molar-refractivity contribution is -0.136. The predicted octanol–water partition coefficient (Wildman–Crippen LogP) is 4.01. The first kappa shape index (κ1) is 26.2. The van der Waals surface area contributed by atoms with Crippen molar-refractivity contribution in [3.8, 4) is 5.75 Å². The van der Waals surface area contributed by atoms with Crippen LogP contribution >= 0.6 is 23.2 Å². The molecular weight excluding hydrogens is 509 g/mol. The van der Waals surface area contributed by atoms with Gasteiger partial charge in [0, 0.05) is 51.1 Å². The first-order chi connectivity index (χ1) is 16.7. The highest BCUT2D eigenvalue weighted by atomic mass is 35.5. The van der Waals surface area contributed by atoms with Gasteiger partial charge < -0.3 is 14.5 Å². The number of piperazine rings is 1. The van der Waals surface area contributed by atoms with E-state index in [-0.39, 0.29) is 33.9 Å². The normalized spacial score (nSPS) is 19.5. The van der Waals surface area contributed by atoms with Gasteiger partial charge in [0.25, 0.3) is 0 Å². The molecule has 0 aromatic heterocycles. The van der Waals surface area contributed by atoms with E-state index in [9.17, 15) is 13.2 Å². The molecule has 0 radical (unpaired) electrons. The van der Waals surface area contributed by atoms with Crippen LogP contribution in [0.25, 0.3) is 0 Å². The number of carbonyl (C=O) groups is 1. The Labute approximate surface area is 217 Å². The van der Waals surface area contributed by atoms with Crippen molar-refractivity contribution in [2.75, 3.05) is 52.9 Å². The second-order valence-corrected chi connectivity index (χ2v) is 12.1. The van der Waals surface area contributed by atoms with Crippen molar-refractivity contribution in [1.29, 1.82) is 0 Å². The summed E-state index contributed by atoms with van der Waals surface area (Å²) in [7, 11) is -1.76. The largest absolute Gasteiger partial charge is 0.493 e. The molecule has 2 aliphatic heterocycles. The average Bonchev–Trinajstić information content (AvgIpc) is 2.86. The summed E-state index contributed by atoms with van der Waals surface area (Å²) < 4.78 is 34.2. The fourth-order valence-electron chi connectivity index (χ4n) is 4.64. The Morgan fingerprint density at radius 1 is 0.943 bits per heavy atom. The average molecular weight is 541 g/mol.